The number of carbonyl (C=O) groups excluding carboxylic acids is 1. The fraction of sp³-hybridized carbons (Fsp3) is 0.917. The van der Waals surface area contributed by atoms with E-state index in [1.165, 1.54) is 25.7 Å². The summed E-state index contributed by atoms with van der Waals surface area (Å²) in [6.07, 6.45) is 7.10. The third-order valence-electron chi connectivity index (χ3n) is 3.11. The van der Waals surface area contributed by atoms with Gasteiger partial charge in [0.15, 0.2) is 4.87 Å². The van der Waals surface area contributed by atoms with E-state index in [9.17, 15) is 4.79 Å². The van der Waals surface area contributed by atoms with Crippen molar-refractivity contribution in [2.75, 3.05) is 6.54 Å². The van der Waals surface area contributed by atoms with Crippen LogP contribution in [0.25, 0.3) is 0 Å². The minimum Gasteiger partial charge on any atom is -0.282 e. The number of carbonyl (C=O) groups is 1. The molecule has 0 aromatic heterocycles. The van der Waals surface area contributed by atoms with Crippen molar-refractivity contribution in [1.29, 1.82) is 0 Å². The van der Waals surface area contributed by atoms with E-state index in [-0.39, 0.29) is 5.91 Å². The first-order chi connectivity index (χ1) is 8.33. The largest absolute Gasteiger partial charge is 0.282 e. The topological polar surface area (TPSA) is 20.3 Å². The highest BCUT2D eigenvalue weighted by atomic mass is 35.5. The zero-order valence-corrected chi connectivity index (χ0v) is 13.9. The van der Waals surface area contributed by atoms with E-state index >= 15 is 0 Å². The molecule has 1 heterocycles. The molecule has 2 nitrogen and oxygen atoms in total. The second-order valence-corrected chi connectivity index (χ2v) is 8.55. The Balaban J connectivity index is 2.31. The van der Waals surface area contributed by atoms with Crippen LogP contribution in [0.15, 0.2) is 0 Å². The van der Waals surface area contributed by atoms with Crippen molar-refractivity contribution in [3.05, 3.63) is 0 Å². The Morgan fingerprint density at radius 2 is 1.67 bits per heavy atom. The molecule has 1 atom stereocenters. The summed E-state index contributed by atoms with van der Waals surface area (Å²) in [5.74, 6) is -0.187. The Bertz CT molecular complexity index is 297. The van der Waals surface area contributed by atoms with Crippen LogP contribution in [-0.4, -0.2) is 25.3 Å². The normalized spacial score (nSPS) is 26.9. The first-order valence-electron chi connectivity index (χ1n) is 6.40. The fourth-order valence-corrected chi connectivity index (χ4v) is 3.75. The van der Waals surface area contributed by atoms with E-state index in [0.29, 0.717) is 6.54 Å². The molecule has 1 fully saturated rings. The van der Waals surface area contributed by atoms with Crippen LogP contribution < -0.4 is 0 Å². The summed E-state index contributed by atoms with van der Waals surface area (Å²) in [5, 5.41) is 0. The predicted octanol–water partition coefficient (Wildman–Crippen LogP) is 4.97. The monoisotopic (exact) mass is 331 g/mol. The third-order valence-corrected chi connectivity index (χ3v) is 6.24. The molecule has 1 aliphatic heterocycles. The Labute approximate surface area is 129 Å². The summed E-state index contributed by atoms with van der Waals surface area (Å²) in [7, 11) is 0. The molecule has 0 saturated carbocycles. The number of unbranched alkanes of at least 4 members (excludes halogenated alkanes) is 5. The number of hydrogen-bond donors (Lipinski definition) is 0. The van der Waals surface area contributed by atoms with Gasteiger partial charge in [-0.15, -0.1) is 11.6 Å². The molecule has 0 aliphatic carbocycles. The van der Waals surface area contributed by atoms with Crippen LogP contribution in [0.2, 0.25) is 0 Å². The van der Waals surface area contributed by atoms with E-state index in [1.54, 1.807) is 11.2 Å². The molecule has 6 heteroatoms. The molecule has 1 amide bonds. The zero-order chi connectivity index (χ0) is 13.8. The highest BCUT2D eigenvalue weighted by Crippen LogP contribution is 2.55. The Morgan fingerprint density at radius 3 is 2.17 bits per heavy atom. The molecule has 0 bridgehead atoms. The molecule has 1 aliphatic rings. The quantitative estimate of drug-likeness (QED) is 0.373. The van der Waals surface area contributed by atoms with Crippen LogP contribution in [0.3, 0.4) is 0 Å². The van der Waals surface area contributed by atoms with Crippen molar-refractivity contribution in [1.82, 2.24) is 4.31 Å². The van der Waals surface area contributed by atoms with E-state index < -0.39 is 8.54 Å². The molecule has 18 heavy (non-hydrogen) atoms. The van der Waals surface area contributed by atoms with Gasteiger partial charge in [0, 0.05) is 6.54 Å². The first kappa shape index (κ1) is 16.7. The lowest BCUT2D eigenvalue weighted by Crippen LogP contribution is -2.39. The van der Waals surface area contributed by atoms with E-state index in [2.05, 4.69) is 6.92 Å². The van der Waals surface area contributed by atoms with Gasteiger partial charge in [0.05, 0.1) is 0 Å². The van der Waals surface area contributed by atoms with Gasteiger partial charge in [-0.05, 0) is 25.3 Å². The van der Waals surface area contributed by atoms with Crippen molar-refractivity contribution < 1.29 is 4.79 Å². The number of nitrogens with zero attached hydrogens (tertiary/aromatic N) is 1. The summed E-state index contributed by atoms with van der Waals surface area (Å²) >= 11 is 19.4. The summed E-state index contributed by atoms with van der Waals surface area (Å²) < 4.78 is 0.334. The number of halogens is 3. The first-order valence-corrected chi connectivity index (χ1v) is 8.31. The average Bonchev–Trinajstić information content (AvgIpc) is 2.44. The van der Waals surface area contributed by atoms with E-state index in [4.69, 9.17) is 34.8 Å². The predicted molar refractivity (Wildman–Crippen MR) is 81.4 cm³/mol. The van der Waals surface area contributed by atoms with Crippen LogP contribution in [0.1, 0.15) is 52.4 Å². The Morgan fingerprint density at radius 1 is 1.11 bits per heavy atom. The molecule has 0 aromatic rings. The lowest BCUT2D eigenvalue weighted by Gasteiger charge is -2.21. The van der Waals surface area contributed by atoms with Gasteiger partial charge in [0.1, 0.15) is 0 Å². The maximum absolute atomic E-state index is 12.0. The minimum absolute atomic E-state index is 0.187. The van der Waals surface area contributed by atoms with Crippen LogP contribution >= 0.6 is 46.8 Å². The van der Waals surface area contributed by atoms with Gasteiger partial charge in [-0.1, -0.05) is 62.2 Å². The van der Waals surface area contributed by atoms with Crippen molar-refractivity contribution >= 4 is 52.7 Å². The summed E-state index contributed by atoms with van der Waals surface area (Å²) in [5.41, 5.74) is 0. The molecule has 1 rings (SSSR count). The van der Waals surface area contributed by atoms with Crippen molar-refractivity contribution in [3.8, 4) is 0 Å². The molecule has 0 aromatic carbocycles. The van der Waals surface area contributed by atoms with E-state index in [0.717, 1.165) is 24.8 Å². The minimum atomic E-state index is -1.27. The molecule has 0 spiro atoms. The van der Waals surface area contributed by atoms with Gasteiger partial charge in [-0.3, -0.25) is 9.10 Å². The van der Waals surface area contributed by atoms with Crippen LogP contribution in [0, 0.1) is 0 Å². The zero-order valence-electron chi connectivity index (χ0n) is 10.8. The van der Waals surface area contributed by atoms with Gasteiger partial charge >= 0.3 is 0 Å². The molecule has 1 saturated heterocycles. The fourth-order valence-electron chi connectivity index (χ4n) is 1.81. The third kappa shape index (κ3) is 3.84. The van der Waals surface area contributed by atoms with Crippen LogP contribution in [-0.2, 0) is 4.79 Å². The highest BCUT2D eigenvalue weighted by molar-refractivity contribution is 8.02. The summed E-state index contributed by atoms with van der Waals surface area (Å²) in [6.45, 7) is 4.44. The Kier molecular flexibility index (Phi) is 6.43. The molecular weight excluding hydrogens is 313 g/mol. The number of hydrogen-bond acceptors (Lipinski definition) is 2. The number of amides is 1. The van der Waals surface area contributed by atoms with Gasteiger partial charge in [0.25, 0.3) is 5.91 Å². The van der Waals surface area contributed by atoms with E-state index in [1.807, 2.05) is 0 Å². The molecule has 0 N–H and O–H groups in total. The molecule has 106 valence electrons. The second-order valence-electron chi connectivity index (χ2n) is 4.79. The van der Waals surface area contributed by atoms with Crippen molar-refractivity contribution in [2.45, 2.75) is 60.9 Å². The second kappa shape index (κ2) is 6.92. The molecular formula is C12H20Cl3NOS. The lowest BCUT2D eigenvalue weighted by atomic mass is 10.1. The van der Waals surface area contributed by atoms with Crippen LogP contribution in [0.4, 0.5) is 0 Å². The average molecular weight is 333 g/mol. The van der Waals surface area contributed by atoms with Gasteiger partial charge < -0.3 is 0 Å². The number of alkyl halides is 3. The SMILES string of the molecule is CCCCCCCCN1SC(Cl)(Cl)C(C)(Cl)C1=O. The van der Waals surface area contributed by atoms with Gasteiger partial charge in [-0.25, -0.2) is 0 Å². The van der Waals surface area contributed by atoms with Crippen molar-refractivity contribution in [2.24, 2.45) is 0 Å². The summed E-state index contributed by atoms with van der Waals surface area (Å²) in [4.78, 5) is 10.8. The highest BCUT2D eigenvalue weighted by Gasteiger charge is 2.60. The Hall–Kier alpha value is 0.690. The molecule has 1 unspecified atom stereocenters. The maximum atomic E-state index is 12.0. The smallest absolute Gasteiger partial charge is 0.257 e. The molecule has 0 radical (unpaired) electrons. The van der Waals surface area contributed by atoms with Gasteiger partial charge in [0.2, 0.25) is 3.67 Å². The standard InChI is InChI=1S/C12H20Cl3NOS/c1-3-4-5-6-7-8-9-16-10(17)11(2,13)12(14,15)18-16/h3-9H2,1-2H3. The van der Waals surface area contributed by atoms with Crippen LogP contribution in [0.5, 0.6) is 0 Å². The van der Waals surface area contributed by atoms with Gasteiger partial charge in [-0.2, -0.15) is 0 Å². The summed E-state index contributed by atoms with van der Waals surface area (Å²) in [6, 6.07) is 0. The lowest BCUT2D eigenvalue weighted by molar-refractivity contribution is -0.127. The number of rotatable bonds is 7. The van der Waals surface area contributed by atoms with Crippen molar-refractivity contribution in [3.63, 3.8) is 0 Å². The maximum Gasteiger partial charge on any atom is 0.257 e.